The molecule has 588 valence electrons. The SMILES string of the molecule is COc1cc(OC)c2cc1c(=O)[nH]c1cc([nH]c(=O)c3cc(c(OCC(C)C)cc3OCC(C)C)c(=O)[nH]c3cc([nH]c(=O)c4cc(c(OCC(C)C)cc4OCC(C)C)c(=O)[nH]c4cc([nH]c2=O)c(OCC(C)C)cc4OCC(C)C)c(OCC(C)C)cc3OCC(C)C)c(OCC(C)C)cc1OCC(C)C. The quantitative estimate of drug-likeness (QED) is 0.0228. The molecule has 0 saturated carbocycles. The number of methoxy groups -OCH3 is 2. The molecule has 7 aromatic rings. The van der Waals surface area contributed by atoms with E-state index < -0.39 is 33.4 Å². The second kappa shape index (κ2) is 39.5. The van der Waals surface area contributed by atoms with Crippen LogP contribution in [0.3, 0.4) is 0 Å². The Morgan fingerprint density at radius 3 is 0.472 bits per heavy atom. The van der Waals surface area contributed by atoms with Gasteiger partial charge in [0.1, 0.15) is 69.0 Å². The summed E-state index contributed by atoms with van der Waals surface area (Å²) in [4.78, 5) is 111. The van der Waals surface area contributed by atoms with Crippen LogP contribution in [0.1, 0.15) is 138 Å². The molecular formula is C84H114N6O18. The number of benzene rings is 6. The van der Waals surface area contributed by atoms with Crippen LogP contribution in [0, 0.1) is 59.2 Å². The van der Waals surface area contributed by atoms with Crippen LogP contribution in [0.5, 0.6) is 69.0 Å². The molecule has 7 rings (SSSR count). The second-order valence-corrected chi connectivity index (χ2v) is 31.2. The van der Waals surface area contributed by atoms with E-state index in [0.717, 1.165) is 0 Å². The first-order valence-corrected chi connectivity index (χ1v) is 37.4. The third-order valence-corrected chi connectivity index (χ3v) is 15.6. The number of aromatic nitrogens is 6. The Bertz CT molecular complexity index is 4710. The molecule has 12 bridgehead atoms. The molecule has 0 aliphatic rings. The van der Waals surface area contributed by atoms with E-state index in [-0.39, 0.29) is 260 Å². The molecule has 0 unspecified atom stereocenters. The molecule has 0 radical (unpaired) electrons. The molecule has 1 heterocycles. The van der Waals surface area contributed by atoms with Crippen molar-refractivity contribution in [2.45, 2.75) is 138 Å². The van der Waals surface area contributed by atoms with E-state index in [0.29, 0.717) is 0 Å². The molecule has 0 aliphatic carbocycles. The van der Waals surface area contributed by atoms with E-state index in [1.165, 1.54) is 68.8 Å². The van der Waals surface area contributed by atoms with Crippen molar-refractivity contribution >= 4 is 65.4 Å². The molecule has 0 atom stereocenters. The van der Waals surface area contributed by atoms with E-state index in [4.69, 9.17) is 56.8 Å². The number of hydrogen-bond acceptors (Lipinski definition) is 18. The van der Waals surface area contributed by atoms with Crippen molar-refractivity contribution in [2.24, 2.45) is 59.2 Å². The number of ether oxygens (including phenoxy) is 12. The van der Waals surface area contributed by atoms with Crippen molar-refractivity contribution < 1.29 is 56.8 Å². The Labute approximate surface area is 631 Å². The van der Waals surface area contributed by atoms with Crippen molar-refractivity contribution in [3.63, 3.8) is 0 Å². The Hall–Kier alpha value is -10.3. The third kappa shape index (κ3) is 24.4. The van der Waals surface area contributed by atoms with E-state index in [9.17, 15) is 0 Å². The first-order chi connectivity index (χ1) is 51.1. The van der Waals surface area contributed by atoms with E-state index in [1.54, 1.807) is 18.2 Å². The summed E-state index contributed by atoms with van der Waals surface area (Å²) < 4.78 is 76.4. The average Bonchev–Trinajstić information content (AvgIpc) is 0.792. The van der Waals surface area contributed by atoms with Gasteiger partial charge in [-0.2, -0.15) is 0 Å². The maximum Gasteiger partial charge on any atom is 0.259 e. The Balaban J connectivity index is 1.91. The van der Waals surface area contributed by atoms with Crippen LogP contribution in [-0.2, 0) is 0 Å². The van der Waals surface area contributed by atoms with Gasteiger partial charge in [-0.1, -0.05) is 138 Å². The van der Waals surface area contributed by atoms with Crippen LogP contribution in [0.2, 0.25) is 0 Å². The van der Waals surface area contributed by atoms with Gasteiger partial charge in [0.05, 0.1) is 146 Å². The molecule has 1 aromatic heterocycles. The molecule has 24 heteroatoms. The fourth-order valence-corrected chi connectivity index (χ4v) is 10.3. The molecule has 0 amide bonds. The molecule has 24 nitrogen and oxygen atoms in total. The monoisotopic (exact) mass is 1490 g/mol. The molecule has 108 heavy (non-hydrogen) atoms. The molecule has 0 aliphatic heterocycles. The van der Waals surface area contributed by atoms with Gasteiger partial charge in [0.15, 0.2) is 0 Å². The van der Waals surface area contributed by atoms with Gasteiger partial charge in [-0.15, -0.1) is 0 Å². The zero-order chi connectivity index (χ0) is 79.4. The molecular weight excluding hydrogens is 1380 g/mol. The summed E-state index contributed by atoms with van der Waals surface area (Å²) >= 11 is 0. The fourth-order valence-electron chi connectivity index (χ4n) is 10.3. The van der Waals surface area contributed by atoms with Crippen molar-refractivity contribution in [1.82, 2.24) is 29.9 Å². The van der Waals surface area contributed by atoms with E-state index in [1.807, 2.05) is 138 Å². The van der Waals surface area contributed by atoms with Gasteiger partial charge < -0.3 is 86.7 Å². The number of fused-ring (bicyclic) bond motifs is 12. The van der Waals surface area contributed by atoms with Gasteiger partial charge in [0, 0.05) is 36.4 Å². The lowest BCUT2D eigenvalue weighted by molar-refractivity contribution is 0.260. The van der Waals surface area contributed by atoms with Crippen molar-refractivity contribution in [2.75, 3.05) is 80.3 Å². The zero-order valence-corrected chi connectivity index (χ0v) is 67.1. The Kier molecular flexibility index (Phi) is 31.1. The predicted octanol–water partition coefficient (Wildman–Crippen LogP) is 16.2. The average molecular weight is 1500 g/mol. The topological polar surface area (TPSA) is 308 Å². The van der Waals surface area contributed by atoms with Gasteiger partial charge >= 0.3 is 0 Å². The van der Waals surface area contributed by atoms with Crippen LogP contribution < -0.4 is 90.2 Å². The number of rotatable bonds is 32. The number of nitrogens with one attached hydrogen (secondary N) is 6. The van der Waals surface area contributed by atoms with Crippen LogP contribution in [0.25, 0.3) is 65.4 Å². The van der Waals surface area contributed by atoms with Gasteiger partial charge in [0.2, 0.25) is 0 Å². The Morgan fingerprint density at radius 1 is 0.194 bits per heavy atom. The minimum atomic E-state index is -0.778. The molecule has 0 spiro atoms. The van der Waals surface area contributed by atoms with Crippen molar-refractivity contribution in [1.29, 1.82) is 0 Å². The summed E-state index contributed by atoms with van der Waals surface area (Å²) in [6.07, 6.45) is 0. The van der Waals surface area contributed by atoms with Gasteiger partial charge in [-0.05, 0) is 95.6 Å². The highest BCUT2D eigenvalue weighted by atomic mass is 16.5. The summed E-state index contributed by atoms with van der Waals surface area (Å²) in [5.74, 6) is 1.22. The van der Waals surface area contributed by atoms with E-state index >= 15 is 28.8 Å². The summed E-state index contributed by atoms with van der Waals surface area (Å²) in [6, 6.07) is 17.7. The standard InChI is InChI=1S/C84H114N6O18/c1-45(2)35-99-69-30-71(101-37-47(5)6)59-24-57(69)81(93)87-63-26-61(73(103-39-49(9)10)32-75(63)105-41-51(13)14)85-79(91)55-23-56(68(98-22)29-67(55)97-21)80(92)86-62-27-64(76(106-42-52(15)16)33-74(62)104-40-50(11)12)88-82(94)58-25-60(72(102-38-48(7)8)31-70(58)100-36-46(3)4)84(96)90-66-28-65(89-83(59)95)77(107-43-53(17)18)34-78(66)108-44-54(19)20/h23-34,45-54H,35-44H2,1-22H3,(H,85,91)(H,86,92)(H,87,93)(H,88,94)(H,89,95)(H,90,96). The smallest absolute Gasteiger partial charge is 0.259 e. The van der Waals surface area contributed by atoms with Crippen LogP contribution in [0.15, 0.2) is 102 Å². The third-order valence-electron chi connectivity index (χ3n) is 15.6. The zero-order valence-electron chi connectivity index (χ0n) is 67.1. The van der Waals surface area contributed by atoms with Crippen molar-refractivity contribution in [3.8, 4) is 69.0 Å². The maximum absolute atomic E-state index is 15.7. The van der Waals surface area contributed by atoms with Crippen molar-refractivity contribution in [3.05, 3.63) is 135 Å². The molecule has 0 fully saturated rings. The minimum absolute atomic E-state index is 0.000285. The lowest BCUT2D eigenvalue weighted by Crippen LogP contribution is -2.14. The van der Waals surface area contributed by atoms with E-state index in [2.05, 4.69) is 29.9 Å². The summed E-state index contributed by atoms with van der Waals surface area (Å²) in [5, 5.41) is -0.632. The largest absolute Gasteiger partial charge is 0.496 e. The number of hydrogen-bond donors (Lipinski definition) is 6. The van der Waals surface area contributed by atoms with Gasteiger partial charge in [0.25, 0.3) is 33.4 Å². The second-order valence-electron chi connectivity index (χ2n) is 31.2. The number of H-pyrrole nitrogens is 6. The summed E-state index contributed by atoms with van der Waals surface area (Å²) in [6.45, 7) is 40.9. The fraction of sp³-hybridized carbons (Fsp3) is 0.500. The molecule has 6 aromatic carbocycles. The Morgan fingerprint density at radius 2 is 0.324 bits per heavy atom. The normalized spacial score (nSPS) is 11.6. The highest BCUT2D eigenvalue weighted by molar-refractivity contribution is 5.84. The van der Waals surface area contributed by atoms with Gasteiger partial charge in [-0.25, -0.2) is 0 Å². The summed E-state index contributed by atoms with van der Waals surface area (Å²) in [7, 11) is 2.72. The van der Waals surface area contributed by atoms with Gasteiger partial charge in [-0.3, -0.25) is 28.8 Å². The minimum Gasteiger partial charge on any atom is -0.496 e. The highest BCUT2D eigenvalue weighted by Crippen LogP contribution is 2.36. The maximum atomic E-state index is 15.7. The van der Waals surface area contributed by atoms with Crippen LogP contribution in [-0.4, -0.2) is 110 Å². The predicted molar refractivity (Wildman–Crippen MR) is 431 cm³/mol. The van der Waals surface area contributed by atoms with Crippen LogP contribution in [0.4, 0.5) is 0 Å². The number of aromatic amines is 6. The van der Waals surface area contributed by atoms with Crippen LogP contribution >= 0.6 is 0 Å². The molecule has 0 saturated heterocycles. The first kappa shape index (κ1) is 85.0. The first-order valence-electron chi connectivity index (χ1n) is 37.4. The highest BCUT2D eigenvalue weighted by Gasteiger charge is 2.21. The lowest BCUT2D eigenvalue weighted by atomic mass is 10.1. The summed E-state index contributed by atoms with van der Waals surface area (Å²) in [5.41, 5.74) is -4.12. The lowest BCUT2D eigenvalue weighted by Gasteiger charge is -2.15. The molecule has 6 N–H and O–H groups in total.